The molecule has 19 heavy (non-hydrogen) atoms. The molecular weight excluding hydrogens is 264 g/mol. The third-order valence-electron chi connectivity index (χ3n) is 2.87. The van der Waals surface area contributed by atoms with E-state index < -0.39 is 9.84 Å². The van der Waals surface area contributed by atoms with Gasteiger partial charge in [-0.05, 0) is 31.5 Å². The standard InChI is InChI=1S/C14H20O4S/c1-4-5-8-19(16,17)10-13-9-12(11(2)15)6-7-14(13)18-3/h6-7,9H,4-5,8,10H2,1-3H3. The van der Waals surface area contributed by atoms with Crippen LogP contribution in [0.1, 0.15) is 42.6 Å². The van der Waals surface area contributed by atoms with E-state index in [2.05, 4.69) is 0 Å². The first kappa shape index (κ1) is 15.7. The maximum atomic E-state index is 12.0. The lowest BCUT2D eigenvalue weighted by atomic mass is 10.1. The molecule has 0 radical (unpaired) electrons. The minimum atomic E-state index is -3.16. The van der Waals surface area contributed by atoms with Gasteiger partial charge in [0.1, 0.15) is 5.75 Å². The summed E-state index contributed by atoms with van der Waals surface area (Å²) >= 11 is 0. The Bertz CT molecular complexity index is 547. The predicted octanol–water partition coefficient (Wildman–Crippen LogP) is 2.61. The van der Waals surface area contributed by atoms with Crippen molar-refractivity contribution in [2.24, 2.45) is 0 Å². The van der Waals surface area contributed by atoms with E-state index in [1.165, 1.54) is 14.0 Å². The maximum Gasteiger partial charge on any atom is 0.159 e. The van der Waals surface area contributed by atoms with Crippen molar-refractivity contribution in [3.8, 4) is 5.75 Å². The second-order valence-corrected chi connectivity index (χ2v) is 6.71. The molecule has 0 aliphatic carbocycles. The van der Waals surface area contributed by atoms with Crippen LogP contribution in [0, 0.1) is 0 Å². The van der Waals surface area contributed by atoms with Gasteiger partial charge in [-0.1, -0.05) is 13.3 Å². The lowest BCUT2D eigenvalue weighted by Gasteiger charge is -2.10. The predicted molar refractivity (Wildman–Crippen MR) is 75.4 cm³/mol. The van der Waals surface area contributed by atoms with Crippen LogP contribution in [0.3, 0.4) is 0 Å². The van der Waals surface area contributed by atoms with Gasteiger partial charge in [0.2, 0.25) is 0 Å². The highest BCUT2D eigenvalue weighted by Crippen LogP contribution is 2.23. The van der Waals surface area contributed by atoms with Crippen molar-refractivity contribution in [2.45, 2.75) is 32.4 Å². The molecule has 0 aliphatic heterocycles. The van der Waals surface area contributed by atoms with E-state index >= 15 is 0 Å². The molecule has 0 aromatic heterocycles. The molecule has 0 heterocycles. The number of carbonyl (C=O) groups excluding carboxylic acids is 1. The molecule has 0 aliphatic rings. The maximum absolute atomic E-state index is 12.0. The zero-order valence-corrected chi connectivity index (χ0v) is 12.4. The van der Waals surface area contributed by atoms with Gasteiger partial charge in [0.05, 0.1) is 18.6 Å². The Morgan fingerprint density at radius 1 is 1.32 bits per heavy atom. The molecule has 106 valence electrons. The largest absolute Gasteiger partial charge is 0.496 e. The highest BCUT2D eigenvalue weighted by molar-refractivity contribution is 7.90. The summed E-state index contributed by atoms with van der Waals surface area (Å²) in [5.74, 6) is 0.494. The van der Waals surface area contributed by atoms with E-state index in [1.54, 1.807) is 18.2 Å². The normalized spacial score (nSPS) is 11.3. The average Bonchev–Trinajstić information content (AvgIpc) is 2.35. The van der Waals surface area contributed by atoms with Crippen LogP contribution in [-0.4, -0.2) is 27.1 Å². The van der Waals surface area contributed by atoms with Crippen LogP contribution in [-0.2, 0) is 15.6 Å². The van der Waals surface area contributed by atoms with E-state index in [0.717, 1.165) is 6.42 Å². The van der Waals surface area contributed by atoms with E-state index in [9.17, 15) is 13.2 Å². The van der Waals surface area contributed by atoms with Crippen molar-refractivity contribution in [3.63, 3.8) is 0 Å². The van der Waals surface area contributed by atoms with Crippen molar-refractivity contribution in [1.82, 2.24) is 0 Å². The number of ketones is 1. The summed E-state index contributed by atoms with van der Waals surface area (Å²) in [4.78, 5) is 11.3. The zero-order chi connectivity index (χ0) is 14.5. The van der Waals surface area contributed by atoms with Gasteiger partial charge in [-0.2, -0.15) is 0 Å². The van der Waals surface area contributed by atoms with E-state index in [1.807, 2.05) is 6.92 Å². The van der Waals surface area contributed by atoms with E-state index in [0.29, 0.717) is 23.3 Å². The number of rotatable bonds is 7. The summed E-state index contributed by atoms with van der Waals surface area (Å²) in [6.07, 6.45) is 1.49. The van der Waals surface area contributed by atoms with Gasteiger partial charge in [0.25, 0.3) is 0 Å². The number of unbranched alkanes of at least 4 members (excludes halogenated alkanes) is 1. The molecule has 0 atom stereocenters. The Hall–Kier alpha value is -1.36. The van der Waals surface area contributed by atoms with Gasteiger partial charge < -0.3 is 4.74 Å². The molecule has 5 heteroatoms. The molecule has 0 fully saturated rings. The fraction of sp³-hybridized carbons (Fsp3) is 0.500. The Labute approximate surface area is 114 Å². The van der Waals surface area contributed by atoms with Gasteiger partial charge >= 0.3 is 0 Å². The highest BCUT2D eigenvalue weighted by atomic mass is 32.2. The highest BCUT2D eigenvalue weighted by Gasteiger charge is 2.16. The molecule has 0 bridgehead atoms. The van der Waals surface area contributed by atoms with Crippen LogP contribution < -0.4 is 4.74 Å². The summed E-state index contributed by atoms with van der Waals surface area (Å²) in [7, 11) is -1.67. The SMILES string of the molecule is CCCCS(=O)(=O)Cc1cc(C(C)=O)ccc1OC. The van der Waals surface area contributed by atoms with Gasteiger partial charge in [-0.25, -0.2) is 8.42 Å². The first-order valence-corrected chi connectivity index (χ1v) is 8.10. The minimum Gasteiger partial charge on any atom is -0.496 e. The van der Waals surface area contributed by atoms with Crippen molar-refractivity contribution in [2.75, 3.05) is 12.9 Å². The molecule has 4 nitrogen and oxygen atoms in total. The summed E-state index contributed by atoms with van der Waals surface area (Å²) in [5.41, 5.74) is 1.05. The number of sulfone groups is 1. The lowest BCUT2D eigenvalue weighted by Crippen LogP contribution is -2.10. The number of carbonyl (C=O) groups is 1. The van der Waals surface area contributed by atoms with Crippen LogP contribution in [0.5, 0.6) is 5.75 Å². The molecule has 0 unspecified atom stereocenters. The van der Waals surface area contributed by atoms with Gasteiger partial charge in [-0.3, -0.25) is 4.79 Å². The number of methoxy groups -OCH3 is 1. The molecule has 0 saturated carbocycles. The number of benzene rings is 1. The first-order valence-electron chi connectivity index (χ1n) is 6.28. The minimum absolute atomic E-state index is 0.0860. The van der Waals surface area contributed by atoms with Crippen molar-refractivity contribution in [3.05, 3.63) is 29.3 Å². The van der Waals surface area contributed by atoms with Gasteiger partial charge in [0.15, 0.2) is 15.6 Å². The Morgan fingerprint density at radius 2 is 2.00 bits per heavy atom. The second kappa shape index (κ2) is 6.70. The second-order valence-electron chi connectivity index (χ2n) is 4.53. The summed E-state index contributed by atoms with van der Waals surface area (Å²) in [6, 6.07) is 4.88. The van der Waals surface area contributed by atoms with Crippen molar-refractivity contribution >= 4 is 15.6 Å². The smallest absolute Gasteiger partial charge is 0.159 e. The molecule has 0 spiro atoms. The monoisotopic (exact) mass is 284 g/mol. The Balaban J connectivity index is 3.04. The van der Waals surface area contributed by atoms with Crippen LogP contribution in [0.25, 0.3) is 0 Å². The fourth-order valence-electron chi connectivity index (χ4n) is 1.78. The van der Waals surface area contributed by atoms with Crippen LogP contribution in [0.15, 0.2) is 18.2 Å². The molecule has 0 amide bonds. The lowest BCUT2D eigenvalue weighted by molar-refractivity contribution is 0.101. The summed E-state index contributed by atoms with van der Waals surface area (Å²) < 4.78 is 29.1. The molecular formula is C14H20O4S. The van der Waals surface area contributed by atoms with Crippen LogP contribution in [0.2, 0.25) is 0 Å². The Morgan fingerprint density at radius 3 is 2.53 bits per heavy atom. The van der Waals surface area contributed by atoms with Crippen LogP contribution >= 0.6 is 0 Å². The van der Waals surface area contributed by atoms with E-state index in [-0.39, 0.29) is 17.3 Å². The van der Waals surface area contributed by atoms with Crippen LogP contribution in [0.4, 0.5) is 0 Å². The zero-order valence-electron chi connectivity index (χ0n) is 11.6. The quantitative estimate of drug-likeness (QED) is 0.722. The molecule has 0 saturated heterocycles. The van der Waals surface area contributed by atoms with Crippen molar-refractivity contribution in [1.29, 1.82) is 0 Å². The number of ether oxygens (including phenoxy) is 1. The third kappa shape index (κ3) is 4.67. The first-order chi connectivity index (χ1) is 8.89. The van der Waals surface area contributed by atoms with E-state index in [4.69, 9.17) is 4.74 Å². The number of Topliss-reactive ketones (excluding diaryl/α,β-unsaturated/α-hetero) is 1. The topological polar surface area (TPSA) is 60.4 Å². The van der Waals surface area contributed by atoms with Crippen molar-refractivity contribution < 1.29 is 17.9 Å². The number of hydrogen-bond donors (Lipinski definition) is 0. The Kier molecular flexibility index (Phi) is 5.54. The molecule has 0 N–H and O–H groups in total. The average molecular weight is 284 g/mol. The molecule has 1 aromatic carbocycles. The summed E-state index contributed by atoms with van der Waals surface area (Å²) in [5, 5.41) is 0. The third-order valence-corrected chi connectivity index (χ3v) is 4.53. The van der Waals surface area contributed by atoms with Gasteiger partial charge in [-0.15, -0.1) is 0 Å². The summed E-state index contributed by atoms with van der Waals surface area (Å²) in [6.45, 7) is 3.41. The fourth-order valence-corrected chi connectivity index (χ4v) is 3.36. The molecule has 1 rings (SSSR count). The van der Waals surface area contributed by atoms with Gasteiger partial charge in [0, 0.05) is 11.1 Å². The molecule has 1 aromatic rings. The number of hydrogen-bond acceptors (Lipinski definition) is 4.